The van der Waals surface area contributed by atoms with Gasteiger partial charge in [-0.15, -0.1) is 0 Å². The van der Waals surface area contributed by atoms with Gasteiger partial charge in [0.15, 0.2) is 0 Å². The van der Waals surface area contributed by atoms with Gasteiger partial charge in [-0.2, -0.15) is 5.10 Å². The van der Waals surface area contributed by atoms with Crippen LogP contribution in [0.5, 0.6) is 0 Å². The second-order valence-corrected chi connectivity index (χ2v) is 6.51. The molecule has 0 amide bonds. The van der Waals surface area contributed by atoms with Crippen LogP contribution in [-0.2, 0) is 0 Å². The van der Waals surface area contributed by atoms with Crippen LogP contribution >= 0.6 is 11.6 Å². The molecule has 1 heterocycles. The second kappa shape index (κ2) is 6.17. The number of aromatic nitrogens is 2. The predicted octanol–water partition coefficient (Wildman–Crippen LogP) is 3.86. The summed E-state index contributed by atoms with van der Waals surface area (Å²) in [5.41, 5.74) is 0.799. The summed E-state index contributed by atoms with van der Waals surface area (Å²) in [7, 11) is 0. The first-order valence-electron chi connectivity index (χ1n) is 7.50. The summed E-state index contributed by atoms with van der Waals surface area (Å²) >= 11 is 6.18. The zero-order chi connectivity index (χ0) is 14.8. The maximum Gasteiger partial charge on any atom is 0.287 e. The van der Waals surface area contributed by atoms with Crippen LogP contribution in [0.15, 0.2) is 11.0 Å². The van der Waals surface area contributed by atoms with E-state index < -0.39 is 0 Å². The molecule has 1 aromatic rings. The van der Waals surface area contributed by atoms with Crippen LogP contribution in [0.1, 0.15) is 58.9 Å². The first kappa shape index (κ1) is 15.4. The van der Waals surface area contributed by atoms with Gasteiger partial charge in [0.1, 0.15) is 5.02 Å². The summed E-state index contributed by atoms with van der Waals surface area (Å²) in [4.78, 5) is 12.1. The van der Waals surface area contributed by atoms with Gasteiger partial charge in [-0.3, -0.25) is 4.79 Å². The molecule has 0 atom stereocenters. The molecule has 0 aliphatic heterocycles. The number of nitrogens with one attached hydrogen (secondary N) is 1. The zero-order valence-electron chi connectivity index (χ0n) is 12.6. The van der Waals surface area contributed by atoms with Crippen molar-refractivity contribution in [2.45, 2.75) is 58.9 Å². The molecular formula is C15H24ClN3O. The number of halogens is 1. The van der Waals surface area contributed by atoms with Gasteiger partial charge in [0, 0.05) is 6.54 Å². The average molecular weight is 298 g/mol. The van der Waals surface area contributed by atoms with Gasteiger partial charge < -0.3 is 5.32 Å². The van der Waals surface area contributed by atoms with E-state index in [0.29, 0.717) is 11.1 Å². The Morgan fingerprint density at radius 3 is 2.65 bits per heavy atom. The molecule has 1 aliphatic rings. The minimum absolute atomic E-state index is 0.0193. The Labute approximate surface area is 125 Å². The number of rotatable bonds is 5. The van der Waals surface area contributed by atoms with E-state index in [1.54, 1.807) is 6.20 Å². The Morgan fingerprint density at radius 1 is 1.45 bits per heavy atom. The Hall–Kier alpha value is -1.03. The van der Waals surface area contributed by atoms with E-state index in [4.69, 9.17) is 11.6 Å². The van der Waals surface area contributed by atoms with Crippen molar-refractivity contribution in [3.8, 4) is 0 Å². The summed E-state index contributed by atoms with van der Waals surface area (Å²) in [6, 6.07) is 0.0193. The second-order valence-electron chi connectivity index (χ2n) is 6.13. The lowest BCUT2D eigenvalue weighted by Crippen LogP contribution is -2.29. The molecule has 1 N–H and O–H groups in total. The van der Waals surface area contributed by atoms with E-state index in [0.717, 1.165) is 13.0 Å². The molecule has 0 spiro atoms. The Bertz CT molecular complexity index is 518. The molecule has 0 radical (unpaired) electrons. The normalized spacial score (nSPS) is 17.6. The molecule has 0 saturated heterocycles. The van der Waals surface area contributed by atoms with Crippen molar-refractivity contribution in [2.75, 3.05) is 11.9 Å². The molecule has 20 heavy (non-hydrogen) atoms. The van der Waals surface area contributed by atoms with Crippen molar-refractivity contribution >= 4 is 17.3 Å². The van der Waals surface area contributed by atoms with Crippen molar-refractivity contribution < 1.29 is 0 Å². The number of anilines is 1. The summed E-state index contributed by atoms with van der Waals surface area (Å²) in [6.45, 7) is 6.95. The van der Waals surface area contributed by atoms with Gasteiger partial charge in [0.2, 0.25) is 0 Å². The van der Waals surface area contributed by atoms with Crippen LogP contribution in [0, 0.1) is 5.41 Å². The van der Waals surface area contributed by atoms with Crippen molar-refractivity contribution in [3.05, 3.63) is 21.6 Å². The highest BCUT2D eigenvalue weighted by molar-refractivity contribution is 6.32. The van der Waals surface area contributed by atoms with Crippen LogP contribution in [0.25, 0.3) is 0 Å². The monoisotopic (exact) mass is 297 g/mol. The third-order valence-electron chi connectivity index (χ3n) is 4.50. The van der Waals surface area contributed by atoms with E-state index in [-0.39, 0.29) is 16.6 Å². The highest BCUT2D eigenvalue weighted by Gasteiger charge is 2.31. The topological polar surface area (TPSA) is 46.9 Å². The predicted molar refractivity (Wildman–Crippen MR) is 83.6 cm³/mol. The Balaban J connectivity index is 2.14. The minimum Gasteiger partial charge on any atom is -0.382 e. The summed E-state index contributed by atoms with van der Waals surface area (Å²) in [6.07, 6.45) is 7.94. The van der Waals surface area contributed by atoms with Gasteiger partial charge in [-0.25, -0.2) is 4.68 Å². The van der Waals surface area contributed by atoms with Gasteiger partial charge in [0.05, 0.1) is 17.9 Å². The summed E-state index contributed by atoms with van der Waals surface area (Å²) in [5, 5.41) is 7.78. The fraction of sp³-hybridized carbons (Fsp3) is 0.733. The summed E-state index contributed by atoms with van der Waals surface area (Å²) in [5.74, 6) is 0. The fourth-order valence-corrected chi connectivity index (χ4v) is 3.20. The van der Waals surface area contributed by atoms with E-state index in [2.05, 4.69) is 17.3 Å². The molecule has 1 saturated carbocycles. The van der Waals surface area contributed by atoms with Crippen LogP contribution in [0.3, 0.4) is 0 Å². The molecule has 112 valence electrons. The Morgan fingerprint density at radius 2 is 2.10 bits per heavy atom. The van der Waals surface area contributed by atoms with Crippen molar-refractivity contribution in [2.24, 2.45) is 5.41 Å². The van der Waals surface area contributed by atoms with Crippen molar-refractivity contribution in [1.29, 1.82) is 0 Å². The molecule has 0 aromatic carbocycles. The molecule has 0 bridgehead atoms. The van der Waals surface area contributed by atoms with Crippen LogP contribution in [0.4, 0.5) is 5.69 Å². The lowest BCUT2D eigenvalue weighted by Gasteiger charge is -2.28. The fourth-order valence-electron chi connectivity index (χ4n) is 3.00. The highest BCUT2D eigenvalue weighted by atomic mass is 35.5. The third-order valence-corrected chi connectivity index (χ3v) is 4.87. The van der Waals surface area contributed by atoms with E-state index in [1.807, 2.05) is 13.8 Å². The van der Waals surface area contributed by atoms with Crippen LogP contribution in [0.2, 0.25) is 5.02 Å². The van der Waals surface area contributed by atoms with Gasteiger partial charge in [-0.1, -0.05) is 31.4 Å². The van der Waals surface area contributed by atoms with Crippen LogP contribution in [-0.4, -0.2) is 16.3 Å². The molecule has 1 aliphatic carbocycles. The van der Waals surface area contributed by atoms with E-state index >= 15 is 0 Å². The maximum absolute atomic E-state index is 12.1. The average Bonchev–Trinajstić information content (AvgIpc) is 2.89. The minimum atomic E-state index is -0.219. The molecule has 4 nitrogen and oxygen atoms in total. The van der Waals surface area contributed by atoms with E-state index in [9.17, 15) is 4.79 Å². The lowest BCUT2D eigenvalue weighted by molar-refractivity contribution is 0.306. The standard InChI is InChI=1S/C15H24ClN3O/c1-4-15(7-5-6-8-15)10-17-12-9-18-19(11(2)3)14(20)13(12)16/h9,11,17H,4-8,10H2,1-3H3. The molecular weight excluding hydrogens is 274 g/mol. The molecule has 1 fully saturated rings. The van der Waals surface area contributed by atoms with Gasteiger partial charge in [-0.05, 0) is 38.5 Å². The molecule has 0 unspecified atom stereocenters. The molecule has 2 rings (SSSR count). The quantitative estimate of drug-likeness (QED) is 0.897. The highest BCUT2D eigenvalue weighted by Crippen LogP contribution is 2.41. The number of nitrogens with zero attached hydrogens (tertiary/aromatic N) is 2. The molecule has 1 aromatic heterocycles. The third kappa shape index (κ3) is 3.00. The van der Waals surface area contributed by atoms with Gasteiger partial charge >= 0.3 is 0 Å². The lowest BCUT2D eigenvalue weighted by atomic mass is 9.83. The zero-order valence-corrected chi connectivity index (χ0v) is 13.3. The van der Waals surface area contributed by atoms with E-state index in [1.165, 1.54) is 30.4 Å². The first-order valence-corrected chi connectivity index (χ1v) is 7.88. The maximum atomic E-state index is 12.1. The van der Waals surface area contributed by atoms with Crippen molar-refractivity contribution in [1.82, 2.24) is 9.78 Å². The first-order chi connectivity index (χ1) is 9.49. The Kier molecular flexibility index (Phi) is 4.74. The van der Waals surface area contributed by atoms with Crippen LogP contribution < -0.4 is 10.9 Å². The largest absolute Gasteiger partial charge is 0.382 e. The number of hydrogen-bond donors (Lipinski definition) is 1. The van der Waals surface area contributed by atoms with Crippen molar-refractivity contribution in [3.63, 3.8) is 0 Å². The molecule has 5 heteroatoms. The smallest absolute Gasteiger partial charge is 0.287 e. The SMILES string of the molecule is CCC1(CNc2cnn(C(C)C)c(=O)c2Cl)CCCC1. The number of hydrogen-bond acceptors (Lipinski definition) is 3. The summed E-state index contributed by atoms with van der Waals surface area (Å²) < 4.78 is 1.42. The van der Waals surface area contributed by atoms with Gasteiger partial charge in [0.25, 0.3) is 5.56 Å².